The number of nitrogens with zero attached hydrogens (tertiary/aromatic N) is 3. The first-order valence-electron chi connectivity index (χ1n) is 7.24. The van der Waals surface area contributed by atoms with Crippen LogP contribution in [-0.2, 0) is 6.54 Å². The molecule has 0 aliphatic rings. The van der Waals surface area contributed by atoms with Crippen molar-refractivity contribution < 1.29 is 9.47 Å². The van der Waals surface area contributed by atoms with Crippen LogP contribution in [0.15, 0.2) is 12.1 Å². The van der Waals surface area contributed by atoms with Crippen molar-refractivity contribution in [3.63, 3.8) is 0 Å². The summed E-state index contributed by atoms with van der Waals surface area (Å²) in [4.78, 5) is 6.77. The molecule has 0 fully saturated rings. The molecule has 0 spiro atoms. The van der Waals surface area contributed by atoms with E-state index in [1.54, 1.807) is 14.2 Å². The molecule has 2 rings (SSSR count). The van der Waals surface area contributed by atoms with E-state index < -0.39 is 0 Å². The zero-order chi connectivity index (χ0) is 15.4. The van der Waals surface area contributed by atoms with Gasteiger partial charge in [-0.2, -0.15) is 0 Å². The van der Waals surface area contributed by atoms with Gasteiger partial charge in [0.05, 0.1) is 25.3 Å². The van der Waals surface area contributed by atoms with E-state index >= 15 is 0 Å². The number of benzene rings is 1. The molecule has 1 aromatic carbocycles. The van der Waals surface area contributed by atoms with Crippen LogP contribution in [0.3, 0.4) is 0 Å². The normalized spacial score (nSPS) is 11.3. The summed E-state index contributed by atoms with van der Waals surface area (Å²) < 4.78 is 12.7. The lowest BCUT2D eigenvalue weighted by molar-refractivity contribution is 0.292. The van der Waals surface area contributed by atoms with Gasteiger partial charge in [-0.3, -0.25) is 0 Å². The smallest absolute Gasteiger partial charge is 0.201 e. The lowest BCUT2D eigenvalue weighted by Crippen LogP contribution is -2.27. The highest BCUT2D eigenvalue weighted by molar-refractivity contribution is 5.82. The van der Waals surface area contributed by atoms with Crippen molar-refractivity contribution in [3.05, 3.63) is 12.1 Å². The quantitative estimate of drug-likeness (QED) is 0.845. The minimum atomic E-state index is 0.521. The third kappa shape index (κ3) is 3.05. The Morgan fingerprint density at radius 2 is 1.76 bits per heavy atom. The van der Waals surface area contributed by atoms with Crippen molar-refractivity contribution in [1.82, 2.24) is 14.5 Å². The molecule has 0 amide bonds. The molecule has 1 aromatic heterocycles. The Hall–Kier alpha value is -1.95. The van der Waals surface area contributed by atoms with Crippen molar-refractivity contribution in [2.45, 2.75) is 20.4 Å². The number of likely N-dealkylation sites (N-methyl/N-ethyl adjacent to an activating group) is 1. The third-order valence-electron chi connectivity index (χ3n) is 3.82. The van der Waals surface area contributed by atoms with E-state index in [2.05, 4.69) is 23.7 Å². The van der Waals surface area contributed by atoms with Crippen LogP contribution in [0.1, 0.15) is 13.8 Å². The molecule has 2 N–H and O–H groups in total. The van der Waals surface area contributed by atoms with Gasteiger partial charge in [-0.25, -0.2) is 4.98 Å². The van der Waals surface area contributed by atoms with Gasteiger partial charge in [-0.15, -0.1) is 0 Å². The van der Waals surface area contributed by atoms with Gasteiger partial charge in [0, 0.05) is 25.2 Å². The van der Waals surface area contributed by atoms with Gasteiger partial charge in [0.15, 0.2) is 11.5 Å². The molecule has 6 nitrogen and oxygen atoms in total. The predicted molar refractivity (Wildman–Crippen MR) is 85.0 cm³/mol. The maximum atomic E-state index is 6.06. The van der Waals surface area contributed by atoms with Crippen LogP contribution >= 0.6 is 0 Å². The maximum absolute atomic E-state index is 6.06. The Bertz CT molecular complexity index is 605. The SMILES string of the molecule is CCN(CC)CCn1c(N)nc2cc(OC)c(OC)cc21. The molecule has 1 heterocycles. The average molecular weight is 292 g/mol. The fraction of sp³-hybridized carbons (Fsp3) is 0.533. The van der Waals surface area contributed by atoms with E-state index in [4.69, 9.17) is 15.2 Å². The number of hydrogen-bond donors (Lipinski definition) is 1. The van der Waals surface area contributed by atoms with E-state index in [0.717, 1.165) is 37.2 Å². The van der Waals surface area contributed by atoms with Crippen LogP contribution in [0.5, 0.6) is 11.5 Å². The lowest BCUT2D eigenvalue weighted by atomic mass is 10.2. The first kappa shape index (κ1) is 15.4. The van der Waals surface area contributed by atoms with Crippen LogP contribution < -0.4 is 15.2 Å². The standard InChI is InChI=1S/C15H24N4O2/c1-5-18(6-2)7-8-19-12-10-14(21-4)13(20-3)9-11(12)17-15(19)16/h9-10H,5-8H2,1-4H3,(H2,16,17). The van der Waals surface area contributed by atoms with Crippen molar-refractivity contribution in [2.24, 2.45) is 0 Å². The molecule has 0 aliphatic heterocycles. The summed E-state index contributed by atoms with van der Waals surface area (Å²) in [5, 5.41) is 0. The summed E-state index contributed by atoms with van der Waals surface area (Å²) in [5.41, 5.74) is 7.85. The predicted octanol–water partition coefficient (Wildman–Crippen LogP) is 1.98. The number of ether oxygens (including phenoxy) is 2. The molecular weight excluding hydrogens is 268 g/mol. The molecule has 116 valence electrons. The zero-order valence-electron chi connectivity index (χ0n) is 13.2. The summed E-state index contributed by atoms with van der Waals surface area (Å²) >= 11 is 0. The fourth-order valence-corrected chi connectivity index (χ4v) is 2.49. The highest BCUT2D eigenvalue weighted by atomic mass is 16.5. The van der Waals surface area contributed by atoms with Crippen LogP contribution in [0, 0.1) is 0 Å². The van der Waals surface area contributed by atoms with Gasteiger partial charge in [-0.1, -0.05) is 13.8 Å². The number of imidazole rings is 1. The molecular formula is C15H24N4O2. The molecule has 0 saturated carbocycles. The molecule has 0 bridgehead atoms. The second kappa shape index (κ2) is 6.67. The third-order valence-corrected chi connectivity index (χ3v) is 3.82. The van der Waals surface area contributed by atoms with E-state index in [1.807, 2.05) is 16.7 Å². The van der Waals surface area contributed by atoms with Gasteiger partial charge in [0.1, 0.15) is 0 Å². The monoisotopic (exact) mass is 292 g/mol. The summed E-state index contributed by atoms with van der Waals surface area (Å²) in [6.45, 7) is 8.12. The first-order chi connectivity index (χ1) is 10.1. The summed E-state index contributed by atoms with van der Waals surface area (Å²) in [5.74, 6) is 1.87. The second-order valence-corrected chi connectivity index (χ2v) is 4.84. The van der Waals surface area contributed by atoms with Crippen molar-refractivity contribution in [1.29, 1.82) is 0 Å². The highest BCUT2D eigenvalue weighted by Crippen LogP contribution is 2.32. The number of aromatic nitrogens is 2. The Kier molecular flexibility index (Phi) is 4.90. The number of fused-ring (bicyclic) bond motifs is 1. The molecule has 0 atom stereocenters. The first-order valence-corrected chi connectivity index (χ1v) is 7.24. The number of hydrogen-bond acceptors (Lipinski definition) is 5. The van der Waals surface area contributed by atoms with Gasteiger partial charge in [0.2, 0.25) is 5.95 Å². The van der Waals surface area contributed by atoms with Crippen molar-refractivity contribution in [2.75, 3.05) is 39.6 Å². The van der Waals surface area contributed by atoms with Gasteiger partial charge < -0.3 is 24.7 Å². The van der Waals surface area contributed by atoms with Crippen molar-refractivity contribution >= 4 is 17.0 Å². The largest absolute Gasteiger partial charge is 0.493 e. The highest BCUT2D eigenvalue weighted by Gasteiger charge is 2.14. The molecule has 0 radical (unpaired) electrons. The number of methoxy groups -OCH3 is 2. The minimum Gasteiger partial charge on any atom is -0.493 e. The Balaban J connectivity index is 2.37. The zero-order valence-corrected chi connectivity index (χ0v) is 13.2. The fourth-order valence-electron chi connectivity index (χ4n) is 2.49. The number of rotatable bonds is 7. The van der Waals surface area contributed by atoms with Crippen LogP contribution in [0.25, 0.3) is 11.0 Å². The summed E-state index contributed by atoms with van der Waals surface area (Å²) in [6.07, 6.45) is 0. The average Bonchev–Trinajstić information content (AvgIpc) is 2.81. The van der Waals surface area contributed by atoms with Crippen molar-refractivity contribution in [3.8, 4) is 11.5 Å². The van der Waals surface area contributed by atoms with E-state index in [1.165, 1.54) is 0 Å². The second-order valence-electron chi connectivity index (χ2n) is 4.84. The Morgan fingerprint density at radius 1 is 1.14 bits per heavy atom. The van der Waals surface area contributed by atoms with E-state index in [-0.39, 0.29) is 0 Å². The number of anilines is 1. The Labute approximate surface area is 125 Å². The van der Waals surface area contributed by atoms with Gasteiger partial charge in [0.25, 0.3) is 0 Å². The topological polar surface area (TPSA) is 65.5 Å². The van der Waals surface area contributed by atoms with Gasteiger partial charge >= 0.3 is 0 Å². The molecule has 6 heteroatoms. The van der Waals surface area contributed by atoms with Gasteiger partial charge in [-0.05, 0) is 13.1 Å². The molecule has 0 aliphatic carbocycles. The molecule has 2 aromatic rings. The summed E-state index contributed by atoms with van der Waals surface area (Å²) in [7, 11) is 3.24. The van der Waals surface area contributed by atoms with E-state index in [9.17, 15) is 0 Å². The van der Waals surface area contributed by atoms with Crippen LogP contribution in [0.4, 0.5) is 5.95 Å². The number of nitrogens with two attached hydrogens (primary N) is 1. The van der Waals surface area contributed by atoms with Crippen LogP contribution in [-0.4, -0.2) is 48.3 Å². The number of nitrogen functional groups attached to an aromatic ring is 1. The summed E-state index contributed by atoms with van der Waals surface area (Å²) in [6, 6.07) is 3.79. The molecule has 0 unspecified atom stereocenters. The lowest BCUT2D eigenvalue weighted by Gasteiger charge is -2.18. The van der Waals surface area contributed by atoms with E-state index in [0.29, 0.717) is 17.4 Å². The van der Waals surface area contributed by atoms with Crippen LogP contribution in [0.2, 0.25) is 0 Å². The molecule has 0 saturated heterocycles. The minimum absolute atomic E-state index is 0.521. The maximum Gasteiger partial charge on any atom is 0.201 e. The Morgan fingerprint density at radius 3 is 2.33 bits per heavy atom. The molecule has 21 heavy (non-hydrogen) atoms.